The van der Waals surface area contributed by atoms with Crippen molar-refractivity contribution in [3.8, 4) is 17.2 Å². The molecule has 1 heterocycles. The zero-order chi connectivity index (χ0) is 36.8. The fourth-order valence-electron chi connectivity index (χ4n) is 6.58. The molecule has 2 aliphatic carbocycles. The van der Waals surface area contributed by atoms with Gasteiger partial charge in [-0.1, -0.05) is 12.1 Å². The summed E-state index contributed by atoms with van der Waals surface area (Å²) in [6, 6.07) is 2.75. The summed E-state index contributed by atoms with van der Waals surface area (Å²) in [7, 11) is 1.26. The molecule has 2 aromatic carbocycles. The van der Waals surface area contributed by atoms with Crippen LogP contribution in [0.25, 0.3) is 0 Å². The van der Waals surface area contributed by atoms with E-state index in [1.165, 1.54) is 32.2 Å². The van der Waals surface area contributed by atoms with Gasteiger partial charge in [0.05, 0.1) is 60.7 Å². The van der Waals surface area contributed by atoms with Gasteiger partial charge in [-0.05, 0) is 13.0 Å². The highest BCUT2D eigenvalue weighted by Crippen LogP contribution is 2.52. The topological polar surface area (TPSA) is 284 Å². The molecule has 1 aliphatic heterocycles. The van der Waals surface area contributed by atoms with Crippen LogP contribution < -0.4 is 10.1 Å². The molecule has 6 atom stereocenters. The molecule has 0 aromatic heterocycles. The number of aliphatic hydroxyl groups is 3. The number of ether oxygens (including phenoxy) is 3. The molecule has 1 fully saturated rings. The van der Waals surface area contributed by atoms with Gasteiger partial charge in [0.1, 0.15) is 41.7 Å². The molecule has 0 bridgehead atoms. The van der Waals surface area contributed by atoms with Gasteiger partial charge in [-0.2, -0.15) is 0 Å². The normalized spacial score (nSPS) is 25.9. The second kappa shape index (κ2) is 13.6. The highest BCUT2D eigenvalue weighted by Gasteiger charge is 2.51. The van der Waals surface area contributed by atoms with Gasteiger partial charge < -0.3 is 55.3 Å². The summed E-state index contributed by atoms with van der Waals surface area (Å²) in [4.78, 5) is 75.9. The Morgan fingerprint density at radius 2 is 1.74 bits per heavy atom. The number of phenols is 2. The minimum atomic E-state index is -2.45. The SMILES string of the molecule is COc1cccc2c1C(=O)c1c(O)c3c(c(O)c1C2=O)CC(O)(C(=O)CO)CC3OC1COC(C)C(O)C1NC(=O)C=C(CC(=O)O)C(=O)O. The van der Waals surface area contributed by atoms with Crippen molar-refractivity contribution in [2.45, 2.75) is 62.2 Å². The van der Waals surface area contributed by atoms with Gasteiger partial charge in [-0.25, -0.2) is 4.79 Å². The Balaban J connectivity index is 1.61. The smallest absolute Gasteiger partial charge is 0.332 e. The minimum absolute atomic E-state index is 0.00309. The van der Waals surface area contributed by atoms with Crippen LogP contribution in [-0.2, 0) is 35.1 Å². The van der Waals surface area contributed by atoms with Crippen LogP contribution in [-0.4, -0.2) is 121 Å². The predicted octanol–water partition coefficient (Wildman–Crippen LogP) is -0.703. The Kier molecular flexibility index (Phi) is 9.82. The lowest BCUT2D eigenvalue weighted by Gasteiger charge is -2.44. The van der Waals surface area contributed by atoms with E-state index in [1.54, 1.807) is 0 Å². The Hall–Kier alpha value is -5.20. The number of aliphatic carboxylic acids is 2. The molecule has 50 heavy (non-hydrogen) atoms. The molecule has 3 aliphatic rings. The Bertz CT molecular complexity index is 1850. The number of benzene rings is 2. The Morgan fingerprint density at radius 3 is 2.36 bits per heavy atom. The highest BCUT2D eigenvalue weighted by molar-refractivity contribution is 6.31. The second-order valence-corrected chi connectivity index (χ2v) is 12.1. The summed E-state index contributed by atoms with van der Waals surface area (Å²) in [5.41, 5.74) is -5.47. The molecule has 5 rings (SSSR count). The number of nitrogens with one attached hydrogen (secondary N) is 1. The van der Waals surface area contributed by atoms with Crippen molar-refractivity contribution in [1.82, 2.24) is 5.32 Å². The van der Waals surface area contributed by atoms with E-state index in [0.29, 0.717) is 6.08 Å². The average molecular weight is 700 g/mol. The third-order valence-electron chi connectivity index (χ3n) is 9.08. The molecule has 6 unspecified atom stereocenters. The first kappa shape index (κ1) is 36.1. The van der Waals surface area contributed by atoms with Crippen molar-refractivity contribution >= 4 is 35.2 Å². The number of carbonyl (C=O) groups is 6. The van der Waals surface area contributed by atoms with Crippen molar-refractivity contribution in [3.63, 3.8) is 0 Å². The van der Waals surface area contributed by atoms with Gasteiger partial charge in [0.15, 0.2) is 11.6 Å². The van der Waals surface area contributed by atoms with Crippen LogP contribution in [0.15, 0.2) is 29.8 Å². The summed E-state index contributed by atoms with van der Waals surface area (Å²) >= 11 is 0. The van der Waals surface area contributed by atoms with Gasteiger partial charge in [0, 0.05) is 35.6 Å². The lowest BCUT2D eigenvalue weighted by Crippen LogP contribution is -2.61. The lowest BCUT2D eigenvalue weighted by molar-refractivity contribution is -0.182. The number of carbonyl (C=O) groups excluding carboxylic acids is 4. The van der Waals surface area contributed by atoms with Crippen LogP contribution in [0.2, 0.25) is 0 Å². The largest absolute Gasteiger partial charge is 0.507 e. The van der Waals surface area contributed by atoms with Gasteiger partial charge in [-0.3, -0.25) is 24.0 Å². The summed E-state index contributed by atoms with van der Waals surface area (Å²) in [6.07, 6.45) is -7.41. The molecule has 0 saturated carbocycles. The molecule has 1 amide bonds. The van der Waals surface area contributed by atoms with Crippen LogP contribution in [0.4, 0.5) is 0 Å². The molecular formula is C33H33NO16. The molecule has 0 spiro atoms. The Morgan fingerprint density at radius 1 is 1.06 bits per heavy atom. The predicted molar refractivity (Wildman–Crippen MR) is 164 cm³/mol. The third-order valence-corrected chi connectivity index (χ3v) is 9.08. The van der Waals surface area contributed by atoms with Crippen LogP contribution in [0.5, 0.6) is 17.2 Å². The van der Waals surface area contributed by atoms with E-state index in [2.05, 4.69) is 5.32 Å². The number of amides is 1. The number of rotatable bonds is 10. The monoisotopic (exact) mass is 699 g/mol. The number of hydrogen-bond acceptors (Lipinski definition) is 14. The molecule has 2 aromatic rings. The van der Waals surface area contributed by atoms with Crippen molar-refractivity contribution in [1.29, 1.82) is 0 Å². The van der Waals surface area contributed by atoms with Crippen molar-refractivity contribution in [2.24, 2.45) is 0 Å². The number of ketones is 3. The number of hydrogen-bond donors (Lipinski definition) is 8. The van der Waals surface area contributed by atoms with Crippen LogP contribution in [0.1, 0.15) is 68.8 Å². The van der Waals surface area contributed by atoms with Gasteiger partial charge in [-0.15, -0.1) is 0 Å². The summed E-state index contributed by atoms with van der Waals surface area (Å²) in [5.74, 6) is -8.90. The van der Waals surface area contributed by atoms with E-state index in [-0.39, 0.29) is 34.6 Å². The first-order valence-electron chi connectivity index (χ1n) is 15.2. The number of methoxy groups -OCH3 is 1. The fourth-order valence-corrected chi connectivity index (χ4v) is 6.58. The molecule has 0 radical (unpaired) electrons. The van der Waals surface area contributed by atoms with E-state index < -0.39 is 125 Å². The number of fused-ring (bicyclic) bond motifs is 3. The maximum atomic E-state index is 13.9. The van der Waals surface area contributed by atoms with Gasteiger partial charge >= 0.3 is 11.9 Å². The number of phenolic OH excluding ortho intramolecular Hbond substituents is 2. The number of carboxylic acid groups (broad SMARTS) is 2. The lowest BCUT2D eigenvalue weighted by atomic mass is 9.71. The second-order valence-electron chi connectivity index (χ2n) is 12.1. The minimum Gasteiger partial charge on any atom is -0.507 e. The van der Waals surface area contributed by atoms with E-state index in [0.717, 1.165) is 0 Å². The quantitative estimate of drug-likeness (QED) is 0.0959. The molecule has 8 N–H and O–H groups in total. The third kappa shape index (κ3) is 6.20. The first-order valence-corrected chi connectivity index (χ1v) is 15.2. The summed E-state index contributed by atoms with van der Waals surface area (Å²) in [6.45, 7) is -0.0923. The van der Waals surface area contributed by atoms with Gasteiger partial charge in [0.2, 0.25) is 11.7 Å². The van der Waals surface area contributed by atoms with E-state index >= 15 is 0 Å². The van der Waals surface area contributed by atoms with E-state index in [9.17, 15) is 59.4 Å². The number of aromatic hydroxyl groups is 2. The molecular weight excluding hydrogens is 666 g/mol. The van der Waals surface area contributed by atoms with Crippen LogP contribution in [0.3, 0.4) is 0 Å². The van der Waals surface area contributed by atoms with Crippen molar-refractivity contribution < 1.29 is 78.7 Å². The van der Waals surface area contributed by atoms with E-state index in [1.807, 2.05) is 0 Å². The number of Topliss-reactive ketones (excluding diaryl/α,β-unsaturated/α-hetero) is 1. The zero-order valence-electron chi connectivity index (χ0n) is 26.5. The molecule has 266 valence electrons. The average Bonchev–Trinajstić information content (AvgIpc) is 3.06. The molecule has 17 heteroatoms. The van der Waals surface area contributed by atoms with Crippen LogP contribution >= 0.6 is 0 Å². The van der Waals surface area contributed by atoms with E-state index in [4.69, 9.17) is 19.3 Å². The maximum absolute atomic E-state index is 13.9. The van der Waals surface area contributed by atoms with Crippen molar-refractivity contribution in [3.05, 3.63) is 63.2 Å². The summed E-state index contributed by atoms with van der Waals surface area (Å²) < 4.78 is 17.0. The fraction of sp³-hybridized carbons (Fsp3) is 0.394. The standard InChI is InChI=1S/C33H33NO16/c1-12-27(40)26(34-20(37)6-13(32(45)46)7-21(38)39)18(11-49-12)50-17-9-33(47,19(36)10-35)8-15-23(17)31(44)25-24(29(15)42)28(41)14-4-3-5-16(48-2)22(14)30(25)43/h3-6,12,17-18,26-27,35,40,42,44,47H,7-11H2,1-2H3,(H,34,37)(H,38,39)(H,45,46). The zero-order valence-corrected chi connectivity index (χ0v) is 26.5. The maximum Gasteiger partial charge on any atom is 0.332 e. The van der Waals surface area contributed by atoms with Gasteiger partial charge in [0.25, 0.3) is 0 Å². The summed E-state index contributed by atoms with van der Waals surface area (Å²) in [5, 5.41) is 76.1. The highest BCUT2D eigenvalue weighted by atomic mass is 16.6. The van der Waals surface area contributed by atoms with Crippen molar-refractivity contribution in [2.75, 3.05) is 20.3 Å². The van der Waals surface area contributed by atoms with Crippen LogP contribution in [0, 0.1) is 0 Å². The number of carboxylic acids is 2. The Labute approximate surface area is 282 Å². The number of aliphatic hydroxyl groups excluding tert-OH is 2. The first-order chi connectivity index (χ1) is 23.5. The molecule has 1 saturated heterocycles. The molecule has 17 nitrogen and oxygen atoms in total.